The third-order valence-electron chi connectivity index (χ3n) is 3.95. The third kappa shape index (κ3) is 3.75. The van der Waals surface area contributed by atoms with Gasteiger partial charge in [0.2, 0.25) is 10.0 Å². The van der Waals surface area contributed by atoms with E-state index in [0.717, 1.165) is 4.31 Å². The van der Waals surface area contributed by atoms with Crippen molar-refractivity contribution in [2.75, 3.05) is 19.4 Å². The summed E-state index contributed by atoms with van der Waals surface area (Å²) in [5.41, 5.74) is 0.677. The van der Waals surface area contributed by atoms with Crippen LogP contribution < -0.4 is 5.32 Å². The molecule has 1 aromatic heterocycles. The van der Waals surface area contributed by atoms with Crippen LogP contribution in [0, 0.1) is 12.7 Å². The van der Waals surface area contributed by atoms with Gasteiger partial charge in [-0.25, -0.2) is 17.1 Å². The number of tetrazole rings is 1. The number of rotatable bonds is 5. The predicted molar refractivity (Wildman–Crippen MR) is 99.1 cm³/mol. The maximum absolute atomic E-state index is 14.1. The number of sulfonamides is 1. The maximum Gasteiger partial charge on any atom is 0.255 e. The predicted octanol–water partition coefficient (Wildman–Crippen LogP) is 1.61. The smallest absolute Gasteiger partial charge is 0.255 e. The van der Waals surface area contributed by atoms with Crippen LogP contribution >= 0.6 is 0 Å². The number of anilines is 1. The minimum Gasteiger partial charge on any atom is -0.322 e. The molecular formula is C17H17FN6O3S. The third-order valence-corrected chi connectivity index (χ3v) is 5.78. The van der Waals surface area contributed by atoms with Gasteiger partial charge in [-0.3, -0.25) is 4.79 Å². The van der Waals surface area contributed by atoms with Crippen molar-refractivity contribution in [2.24, 2.45) is 0 Å². The Balaban J connectivity index is 1.83. The van der Waals surface area contributed by atoms with Crippen LogP contribution in [0.5, 0.6) is 0 Å². The molecule has 1 N–H and O–H groups in total. The molecule has 0 unspecified atom stereocenters. The van der Waals surface area contributed by atoms with Gasteiger partial charge in [-0.05, 0) is 59.8 Å². The molecule has 0 bridgehead atoms. The van der Waals surface area contributed by atoms with Gasteiger partial charge in [-0.2, -0.15) is 4.68 Å². The van der Waals surface area contributed by atoms with E-state index in [1.807, 2.05) is 0 Å². The number of amides is 1. The number of nitrogens with zero attached hydrogens (tertiary/aromatic N) is 5. The summed E-state index contributed by atoms with van der Waals surface area (Å²) in [5.74, 6) is -0.633. The van der Waals surface area contributed by atoms with Gasteiger partial charge in [0.05, 0.1) is 4.90 Å². The summed E-state index contributed by atoms with van der Waals surface area (Å²) < 4.78 is 40.6. The molecule has 0 aliphatic heterocycles. The maximum atomic E-state index is 14.1. The highest BCUT2D eigenvalue weighted by molar-refractivity contribution is 7.89. The SMILES string of the molecule is Cc1nnnn1-c1cc(NC(=O)c2ccc(S(=O)(=O)N(C)C)cc2)ccc1F. The van der Waals surface area contributed by atoms with Crippen molar-refractivity contribution >= 4 is 21.6 Å². The van der Waals surface area contributed by atoms with E-state index >= 15 is 0 Å². The van der Waals surface area contributed by atoms with Crippen molar-refractivity contribution in [3.63, 3.8) is 0 Å². The number of aromatic nitrogens is 4. The lowest BCUT2D eigenvalue weighted by Crippen LogP contribution is -2.22. The van der Waals surface area contributed by atoms with Gasteiger partial charge >= 0.3 is 0 Å². The molecule has 11 heteroatoms. The molecular weight excluding hydrogens is 387 g/mol. The standard InChI is InChI=1S/C17H17FN6O3S/c1-11-20-21-22-24(11)16-10-13(6-9-15(16)18)19-17(25)12-4-7-14(8-5-12)28(26,27)23(2)3/h4-10H,1-3H3,(H,19,25). The highest BCUT2D eigenvalue weighted by atomic mass is 32.2. The normalized spacial score (nSPS) is 11.6. The largest absolute Gasteiger partial charge is 0.322 e. The van der Waals surface area contributed by atoms with Gasteiger partial charge in [-0.15, -0.1) is 5.10 Å². The fraction of sp³-hybridized carbons (Fsp3) is 0.176. The second-order valence-corrected chi connectivity index (χ2v) is 8.22. The summed E-state index contributed by atoms with van der Waals surface area (Å²) in [6, 6.07) is 9.51. The zero-order valence-electron chi connectivity index (χ0n) is 15.3. The topological polar surface area (TPSA) is 110 Å². The molecule has 1 amide bonds. The van der Waals surface area contributed by atoms with E-state index in [1.54, 1.807) is 6.92 Å². The fourth-order valence-electron chi connectivity index (χ4n) is 2.40. The monoisotopic (exact) mass is 404 g/mol. The molecule has 0 saturated carbocycles. The van der Waals surface area contributed by atoms with E-state index in [0.29, 0.717) is 11.5 Å². The number of hydrogen-bond donors (Lipinski definition) is 1. The molecule has 9 nitrogen and oxygen atoms in total. The molecule has 3 aromatic rings. The quantitative estimate of drug-likeness (QED) is 0.692. The molecule has 3 rings (SSSR count). The number of carbonyl (C=O) groups is 1. The first kappa shape index (κ1) is 19.6. The highest BCUT2D eigenvalue weighted by Gasteiger charge is 2.18. The number of halogens is 1. The molecule has 146 valence electrons. The lowest BCUT2D eigenvalue weighted by molar-refractivity contribution is 0.102. The lowest BCUT2D eigenvalue weighted by Gasteiger charge is -2.12. The van der Waals surface area contributed by atoms with Crippen LogP contribution in [0.3, 0.4) is 0 Å². The van der Waals surface area contributed by atoms with E-state index in [-0.39, 0.29) is 16.1 Å². The minimum absolute atomic E-state index is 0.0762. The van der Waals surface area contributed by atoms with Crippen LogP contribution in [0.1, 0.15) is 16.2 Å². The summed E-state index contributed by atoms with van der Waals surface area (Å²) in [6.07, 6.45) is 0. The summed E-state index contributed by atoms with van der Waals surface area (Å²) >= 11 is 0. The van der Waals surface area contributed by atoms with Gasteiger partial charge in [0.25, 0.3) is 5.91 Å². The van der Waals surface area contributed by atoms with Crippen LogP contribution in [-0.2, 0) is 10.0 Å². The number of carbonyl (C=O) groups excluding carboxylic acids is 1. The molecule has 2 aromatic carbocycles. The van der Waals surface area contributed by atoms with E-state index in [9.17, 15) is 17.6 Å². The Morgan fingerprint density at radius 1 is 1.14 bits per heavy atom. The Hall–Kier alpha value is -3.18. The molecule has 0 fully saturated rings. The first-order valence-electron chi connectivity index (χ1n) is 8.09. The molecule has 0 aliphatic carbocycles. The van der Waals surface area contributed by atoms with Crippen molar-refractivity contribution in [3.8, 4) is 5.69 Å². The van der Waals surface area contributed by atoms with Crippen molar-refractivity contribution < 1.29 is 17.6 Å². The van der Waals surface area contributed by atoms with Gasteiger partial charge in [0.1, 0.15) is 11.5 Å². The number of benzene rings is 2. The Kier molecular flexibility index (Phi) is 5.21. The Bertz CT molecular complexity index is 1130. The first-order chi connectivity index (χ1) is 13.2. The van der Waals surface area contributed by atoms with Gasteiger partial charge < -0.3 is 5.32 Å². The Labute approximate surface area is 160 Å². The average Bonchev–Trinajstić information content (AvgIpc) is 3.09. The first-order valence-corrected chi connectivity index (χ1v) is 9.53. The minimum atomic E-state index is -3.58. The van der Waals surface area contributed by atoms with Crippen LogP contribution in [0.15, 0.2) is 47.4 Å². The Morgan fingerprint density at radius 2 is 1.82 bits per heavy atom. The lowest BCUT2D eigenvalue weighted by atomic mass is 10.2. The second kappa shape index (κ2) is 7.44. The Morgan fingerprint density at radius 3 is 2.39 bits per heavy atom. The fourth-order valence-corrected chi connectivity index (χ4v) is 3.30. The van der Waals surface area contributed by atoms with Crippen molar-refractivity contribution in [3.05, 3.63) is 59.7 Å². The molecule has 0 saturated heterocycles. The van der Waals surface area contributed by atoms with Crippen LogP contribution in [0.4, 0.5) is 10.1 Å². The van der Waals surface area contributed by atoms with Gasteiger partial charge in [-0.1, -0.05) is 0 Å². The van der Waals surface area contributed by atoms with E-state index in [4.69, 9.17) is 0 Å². The van der Waals surface area contributed by atoms with Crippen LogP contribution in [0.25, 0.3) is 5.69 Å². The number of hydrogen-bond acceptors (Lipinski definition) is 6. The summed E-state index contributed by atoms with van der Waals surface area (Å²) in [6.45, 7) is 1.62. The molecule has 0 aliphatic rings. The van der Waals surface area contributed by atoms with E-state index < -0.39 is 21.7 Å². The molecule has 28 heavy (non-hydrogen) atoms. The van der Waals surface area contributed by atoms with Crippen molar-refractivity contribution in [1.29, 1.82) is 0 Å². The van der Waals surface area contributed by atoms with Crippen LogP contribution in [-0.4, -0.2) is 52.9 Å². The average molecular weight is 404 g/mol. The molecule has 0 spiro atoms. The van der Waals surface area contributed by atoms with Gasteiger partial charge in [0.15, 0.2) is 5.82 Å². The summed E-state index contributed by atoms with van der Waals surface area (Å²) in [4.78, 5) is 12.5. The molecule has 0 atom stereocenters. The number of nitrogens with one attached hydrogen (secondary N) is 1. The summed E-state index contributed by atoms with van der Waals surface area (Å²) in [5, 5.41) is 13.5. The van der Waals surface area contributed by atoms with Crippen molar-refractivity contribution in [2.45, 2.75) is 11.8 Å². The molecule has 0 radical (unpaired) electrons. The molecule has 1 heterocycles. The van der Waals surface area contributed by atoms with E-state index in [2.05, 4.69) is 20.8 Å². The zero-order chi connectivity index (χ0) is 20.5. The second-order valence-electron chi connectivity index (χ2n) is 6.07. The van der Waals surface area contributed by atoms with Crippen LogP contribution in [0.2, 0.25) is 0 Å². The highest BCUT2D eigenvalue weighted by Crippen LogP contribution is 2.20. The summed E-state index contributed by atoms with van der Waals surface area (Å²) in [7, 11) is -0.729. The van der Waals surface area contributed by atoms with Gasteiger partial charge in [0, 0.05) is 25.3 Å². The van der Waals surface area contributed by atoms with Crippen molar-refractivity contribution in [1.82, 2.24) is 24.5 Å². The van der Waals surface area contributed by atoms with E-state index in [1.165, 1.54) is 61.2 Å². The zero-order valence-corrected chi connectivity index (χ0v) is 16.1. The number of aryl methyl sites for hydroxylation is 1.